The van der Waals surface area contributed by atoms with Gasteiger partial charge in [-0.05, 0) is 25.9 Å². The van der Waals surface area contributed by atoms with E-state index in [1.807, 2.05) is 4.68 Å². The topological polar surface area (TPSA) is 39.1 Å². The van der Waals surface area contributed by atoms with Crippen LogP contribution in [0.1, 0.15) is 18.9 Å². The third-order valence-corrected chi connectivity index (χ3v) is 2.64. The van der Waals surface area contributed by atoms with Crippen molar-refractivity contribution in [3.63, 3.8) is 0 Å². The maximum atomic E-state index is 11.9. The van der Waals surface area contributed by atoms with Crippen LogP contribution < -0.4 is 10.1 Å². The minimum atomic E-state index is -2.44. The number of aromatic nitrogens is 2. The highest BCUT2D eigenvalue weighted by atomic mass is 19.3. The monoisotopic (exact) mass is 231 g/mol. The van der Waals surface area contributed by atoms with E-state index in [-0.39, 0.29) is 0 Å². The minimum Gasteiger partial charge on any atom is -0.484 e. The Hall–Kier alpha value is -1.17. The third-order valence-electron chi connectivity index (χ3n) is 2.64. The van der Waals surface area contributed by atoms with Gasteiger partial charge in [0.1, 0.15) is 6.61 Å². The Morgan fingerprint density at radius 3 is 2.94 bits per heavy atom. The van der Waals surface area contributed by atoms with E-state index in [2.05, 4.69) is 10.4 Å². The number of halogens is 2. The van der Waals surface area contributed by atoms with Crippen LogP contribution in [0.15, 0.2) is 12.4 Å². The highest BCUT2D eigenvalue weighted by Crippen LogP contribution is 2.20. The molecule has 0 atom stereocenters. The molecular formula is C10H15F2N3O. The van der Waals surface area contributed by atoms with E-state index in [0.717, 1.165) is 25.9 Å². The van der Waals surface area contributed by atoms with Gasteiger partial charge in [0.05, 0.1) is 18.4 Å². The zero-order valence-electron chi connectivity index (χ0n) is 8.90. The number of rotatable bonds is 4. The Labute approximate surface area is 92.6 Å². The lowest BCUT2D eigenvalue weighted by atomic mass is 10.1. The second-order valence-corrected chi connectivity index (χ2v) is 3.84. The molecule has 0 amide bonds. The molecule has 1 aromatic heterocycles. The van der Waals surface area contributed by atoms with Gasteiger partial charge in [0, 0.05) is 0 Å². The van der Waals surface area contributed by atoms with E-state index in [9.17, 15) is 8.78 Å². The van der Waals surface area contributed by atoms with Gasteiger partial charge in [-0.1, -0.05) is 0 Å². The zero-order valence-corrected chi connectivity index (χ0v) is 8.90. The Morgan fingerprint density at radius 2 is 2.25 bits per heavy atom. The largest absolute Gasteiger partial charge is 0.484 e. The number of hydrogen-bond acceptors (Lipinski definition) is 3. The molecule has 2 heterocycles. The van der Waals surface area contributed by atoms with Crippen molar-refractivity contribution in [3.8, 4) is 5.75 Å². The molecule has 0 bridgehead atoms. The molecule has 4 nitrogen and oxygen atoms in total. The molecule has 90 valence electrons. The summed E-state index contributed by atoms with van der Waals surface area (Å²) in [5.74, 6) is 0.416. The molecular weight excluding hydrogens is 216 g/mol. The molecule has 1 aliphatic rings. The summed E-state index contributed by atoms with van der Waals surface area (Å²) in [6, 6.07) is 0.352. The van der Waals surface area contributed by atoms with Crippen LogP contribution in [0.3, 0.4) is 0 Å². The first-order valence-corrected chi connectivity index (χ1v) is 5.41. The predicted octanol–water partition coefficient (Wildman–Crippen LogP) is 1.45. The summed E-state index contributed by atoms with van der Waals surface area (Å²) in [4.78, 5) is 0. The van der Waals surface area contributed by atoms with Crippen LogP contribution in [-0.4, -0.2) is 35.9 Å². The number of alkyl halides is 2. The van der Waals surface area contributed by atoms with Gasteiger partial charge in [0.15, 0.2) is 5.75 Å². The summed E-state index contributed by atoms with van der Waals surface area (Å²) < 4.78 is 30.5. The van der Waals surface area contributed by atoms with E-state index in [0.29, 0.717) is 11.8 Å². The number of nitrogens with one attached hydrogen (secondary N) is 1. The number of piperidine rings is 1. The fourth-order valence-electron chi connectivity index (χ4n) is 1.83. The molecule has 0 unspecified atom stereocenters. The number of hydrogen-bond donors (Lipinski definition) is 1. The van der Waals surface area contributed by atoms with Gasteiger partial charge in [-0.3, -0.25) is 4.68 Å². The van der Waals surface area contributed by atoms with Crippen molar-refractivity contribution in [1.29, 1.82) is 0 Å². The van der Waals surface area contributed by atoms with Crippen molar-refractivity contribution in [2.24, 2.45) is 0 Å². The lowest BCUT2D eigenvalue weighted by molar-refractivity contribution is 0.0818. The first-order valence-electron chi connectivity index (χ1n) is 5.41. The Morgan fingerprint density at radius 1 is 1.50 bits per heavy atom. The smallest absolute Gasteiger partial charge is 0.272 e. The first kappa shape index (κ1) is 11.3. The molecule has 0 aliphatic carbocycles. The van der Waals surface area contributed by atoms with Crippen molar-refractivity contribution < 1.29 is 13.5 Å². The predicted molar refractivity (Wildman–Crippen MR) is 54.9 cm³/mol. The molecule has 1 N–H and O–H groups in total. The fraction of sp³-hybridized carbons (Fsp3) is 0.700. The van der Waals surface area contributed by atoms with E-state index >= 15 is 0 Å². The molecule has 1 aromatic rings. The maximum absolute atomic E-state index is 11.9. The van der Waals surface area contributed by atoms with Crippen molar-refractivity contribution in [2.75, 3.05) is 19.7 Å². The zero-order chi connectivity index (χ0) is 11.4. The van der Waals surface area contributed by atoms with Gasteiger partial charge in [-0.25, -0.2) is 8.78 Å². The van der Waals surface area contributed by atoms with Gasteiger partial charge in [-0.2, -0.15) is 5.10 Å². The molecule has 0 spiro atoms. The Kier molecular flexibility index (Phi) is 3.71. The summed E-state index contributed by atoms with van der Waals surface area (Å²) in [6.07, 6.45) is 2.76. The third kappa shape index (κ3) is 2.91. The van der Waals surface area contributed by atoms with E-state index in [1.165, 1.54) is 6.20 Å². The molecule has 1 fully saturated rings. The van der Waals surface area contributed by atoms with Crippen LogP contribution in [0.5, 0.6) is 5.75 Å². The average molecular weight is 231 g/mol. The fourth-order valence-corrected chi connectivity index (χ4v) is 1.83. The Balaban J connectivity index is 1.90. The van der Waals surface area contributed by atoms with Crippen LogP contribution in [0.4, 0.5) is 8.78 Å². The SMILES string of the molecule is FC(F)COc1cnn(C2CCNCC2)c1. The first-order chi connectivity index (χ1) is 7.75. The molecule has 2 rings (SSSR count). The van der Waals surface area contributed by atoms with Crippen LogP contribution >= 0.6 is 0 Å². The van der Waals surface area contributed by atoms with Crippen LogP contribution in [-0.2, 0) is 0 Å². The van der Waals surface area contributed by atoms with Crippen LogP contribution in [0.2, 0.25) is 0 Å². The lowest BCUT2D eigenvalue weighted by Crippen LogP contribution is -2.29. The van der Waals surface area contributed by atoms with Gasteiger partial charge >= 0.3 is 0 Å². The van der Waals surface area contributed by atoms with E-state index < -0.39 is 13.0 Å². The molecule has 16 heavy (non-hydrogen) atoms. The van der Waals surface area contributed by atoms with E-state index in [4.69, 9.17) is 4.74 Å². The molecule has 6 heteroatoms. The Bertz CT molecular complexity index is 324. The van der Waals surface area contributed by atoms with Crippen molar-refractivity contribution in [2.45, 2.75) is 25.3 Å². The van der Waals surface area contributed by atoms with Crippen molar-refractivity contribution >= 4 is 0 Å². The minimum absolute atomic E-state index is 0.352. The highest BCUT2D eigenvalue weighted by molar-refractivity contribution is 5.12. The molecule has 1 aliphatic heterocycles. The maximum Gasteiger partial charge on any atom is 0.272 e. The quantitative estimate of drug-likeness (QED) is 0.852. The normalized spacial score (nSPS) is 17.9. The summed E-state index contributed by atoms with van der Waals surface area (Å²) in [7, 11) is 0. The van der Waals surface area contributed by atoms with Gasteiger partial charge < -0.3 is 10.1 Å². The van der Waals surface area contributed by atoms with Gasteiger partial charge in [0.25, 0.3) is 6.43 Å². The second kappa shape index (κ2) is 5.25. The molecule has 1 saturated heterocycles. The summed E-state index contributed by atoms with van der Waals surface area (Å²) in [5.41, 5.74) is 0. The summed E-state index contributed by atoms with van der Waals surface area (Å²) in [6.45, 7) is 1.37. The highest BCUT2D eigenvalue weighted by Gasteiger charge is 2.16. The second-order valence-electron chi connectivity index (χ2n) is 3.84. The molecule has 0 saturated carbocycles. The van der Waals surface area contributed by atoms with Crippen LogP contribution in [0.25, 0.3) is 0 Å². The van der Waals surface area contributed by atoms with Crippen molar-refractivity contribution in [1.82, 2.24) is 15.1 Å². The lowest BCUT2D eigenvalue weighted by Gasteiger charge is -2.22. The molecule has 0 radical (unpaired) electrons. The van der Waals surface area contributed by atoms with Crippen LogP contribution in [0, 0.1) is 0 Å². The van der Waals surface area contributed by atoms with Gasteiger partial charge in [-0.15, -0.1) is 0 Å². The summed E-state index contributed by atoms with van der Waals surface area (Å²) in [5, 5.41) is 7.40. The molecule has 0 aromatic carbocycles. The summed E-state index contributed by atoms with van der Waals surface area (Å²) >= 11 is 0. The van der Waals surface area contributed by atoms with E-state index in [1.54, 1.807) is 6.20 Å². The van der Waals surface area contributed by atoms with Gasteiger partial charge in [0.2, 0.25) is 0 Å². The number of ether oxygens (including phenoxy) is 1. The average Bonchev–Trinajstić information content (AvgIpc) is 2.76. The van der Waals surface area contributed by atoms with Crippen molar-refractivity contribution in [3.05, 3.63) is 12.4 Å². The number of nitrogens with zero attached hydrogens (tertiary/aromatic N) is 2. The standard InChI is InChI=1S/C10H15F2N3O/c11-10(12)7-16-9-5-14-15(6-9)8-1-3-13-4-2-8/h5-6,8,10,13H,1-4,7H2.